The van der Waals surface area contributed by atoms with Crippen LogP contribution in [0.15, 0.2) is 17.4 Å². The predicted octanol–water partition coefficient (Wildman–Crippen LogP) is 1.15. The number of nitrogens with one attached hydrogen (secondary N) is 2. The molecule has 0 radical (unpaired) electrons. The van der Waals surface area contributed by atoms with Crippen LogP contribution in [0.2, 0.25) is 0 Å². The minimum atomic E-state index is -4.86. The summed E-state index contributed by atoms with van der Waals surface area (Å²) >= 11 is 0. The Bertz CT molecular complexity index is 562. The van der Waals surface area contributed by atoms with E-state index in [9.17, 15) is 18.3 Å². The van der Waals surface area contributed by atoms with Gasteiger partial charge in [0.15, 0.2) is 5.96 Å². The van der Waals surface area contributed by atoms with Crippen molar-refractivity contribution < 1.29 is 23.0 Å². The van der Waals surface area contributed by atoms with Gasteiger partial charge in [-0.3, -0.25) is 4.99 Å². The topological polar surface area (TPSA) is 83.7 Å². The molecule has 25 heavy (non-hydrogen) atoms. The van der Waals surface area contributed by atoms with Crippen LogP contribution in [0.5, 0.6) is 0 Å². The summed E-state index contributed by atoms with van der Waals surface area (Å²) in [5.74, 6) is -0.0997. The fourth-order valence-corrected chi connectivity index (χ4v) is 2.32. The highest BCUT2D eigenvalue weighted by atomic mass is 19.4. The molecule has 3 N–H and O–H groups in total. The molecule has 7 nitrogen and oxygen atoms in total. The summed E-state index contributed by atoms with van der Waals surface area (Å²) in [6, 6.07) is -0.0705. The molecule has 0 amide bonds. The van der Waals surface area contributed by atoms with Gasteiger partial charge in [0.2, 0.25) is 5.60 Å². The van der Waals surface area contributed by atoms with E-state index < -0.39 is 24.0 Å². The number of halogens is 3. The number of methoxy groups -OCH3 is 1. The second-order valence-electron chi connectivity index (χ2n) is 5.73. The summed E-state index contributed by atoms with van der Waals surface area (Å²) in [4.78, 5) is 7.77. The molecular formula is C15H26F3N5O2. The molecule has 10 heteroatoms. The minimum absolute atomic E-state index is 0.0705. The van der Waals surface area contributed by atoms with Gasteiger partial charge in [-0.05, 0) is 13.8 Å². The molecule has 0 bridgehead atoms. The van der Waals surface area contributed by atoms with Crippen LogP contribution in [-0.2, 0) is 17.4 Å². The lowest BCUT2D eigenvalue weighted by Crippen LogP contribution is -2.46. The standard InChI is InChI=1S/C15H26F3N5O2/c1-5-19-13(22-11(2)10-25-4)21-7-6-14(24,15(16,17)18)12-20-8-9-23(12)3/h8-9,11,24H,5-7,10H2,1-4H3,(H2,19,21,22). The van der Waals surface area contributed by atoms with Crippen LogP contribution in [0, 0.1) is 0 Å². The smallest absolute Gasteiger partial charge is 0.383 e. The average molecular weight is 365 g/mol. The van der Waals surface area contributed by atoms with Crippen molar-refractivity contribution in [3.05, 3.63) is 18.2 Å². The molecule has 2 unspecified atom stereocenters. The number of aliphatic hydroxyl groups is 1. The van der Waals surface area contributed by atoms with Crippen LogP contribution < -0.4 is 10.6 Å². The first-order valence-electron chi connectivity index (χ1n) is 7.96. The number of guanidine groups is 1. The molecule has 0 spiro atoms. The third kappa shape index (κ3) is 5.60. The van der Waals surface area contributed by atoms with E-state index in [0.717, 1.165) is 4.57 Å². The zero-order valence-corrected chi connectivity index (χ0v) is 14.9. The third-order valence-corrected chi connectivity index (χ3v) is 3.55. The van der Waals surface area contributed by atoms with E-state index in [0.29, 0.717) is 19.1 Å². The lowest BCUT2D eigenvalue weighted by molar-refractivity contribution is -0.272. The summed E-state index contributed by atoms with van der Waals surface area (Å²) in [6.45, 7) is 4.44. The van der Waals surface area contributed by atoms with Crippen molar-refractivity contribution in [2.45, 2.75) is 38.1 Å². The van der Waals surface area contributed by atoms with Crippen LogP contribution >= 0.6 is 0 Å². The van der Waals surface area contributed by atoms with E-state index in [1.807, 2.05) is 13.8 Å². The molecule has 0 aliphatic rings. The van der Waals surface area contributed by atoms with Crippen LogP contribution in [0.1, 0.15) is 26.1 Å². The van der Waals surface area contributed by atoms with Crippen LogP contribution in [-0.4, -0.2) is 59.6 Å². The van der Waals surface area contributed by atoms with Crippen molar-refractivity contribution in [3.8, 4) is 0 Å². The normalized spacial score (nSPS) is 16.4. The largest absolute Gasteiger partial charge is 0.424 e. The first-order valence-corrected chi connectivity index (χ1v) is 7.96. The third-order valence-electron chi connectivity index (χ3n) is 3.55. The van der Waals surface area contributed by atoms with Crippen molar-refractivity contribution in [2.75, 3.05) is 26.8 Å². The van der Waals surface area contributed by atoms with Crippen molar-refractivity contribution in [1.29, 1.82) is 0 Å². The number of imidazole rings is 1. The zero-order valence-electron chi connectivity index (χ0n) is 14.9. The monoisotopic (exact) mass is 365 g/mol. The highest BCUT2D eigenvalue weighted by Crippen LogP contribution is 2.40. The van der Waals surface area contributed by atoms with Gasteiger partial charge in [0.05, 0.1) is 6.61 Å². The molecule has 0 saturated carbocycles. The maximum absolute atomic E-state index is 13.4. The molecule has 1 aromatic rings. The zero-order chi connectivity index (χ0) is 19.1. The minimum Gasteiger partial charge on any atom is -0.383 e. The Morgan fingerprint density at radius 1 is 1.48 bits per heavy atom. The summed E-state index contributed by atoms with van der Waals surface area (Å²) in [7, 11) is 2.96. The van der Waals surface area contributed by atoms with E-state index in [1.165, 1.54) is 19.4 Å². The molecule has 2 atom stereocenters. The van der Waals surface area contributed by atoms with Crippen molar-refractivity contribution in [2.24, 2.45) is 12.0 Å². The Labute approximate surface area is 145 Å². The van der Waals surface area contributed by atoms with Crippen LogP contribution in [0.25, 0.3) is 0 Å². The SMILES string of the molecule is CCNC(=NCCC(O)(c1nccn1C)C(F)(F)F)NC(C)COC. The lowest BCUT2D eigenvalue weighted by Gasteiger charge is -2.29. The van der Waals surface area contributed by atoms with Gasteiger partial charge < -0.3 is 25.0 Å². The molecular weight excluding hydrogens is 339 g/mol. The highest BCUT2D eigenvalue weighted by molar-refractivity contribution is 5.80. The molecule has 1 aromatic heterocycles. The van der Waals surface area contributed by atoms with E-state index in [2.05, 4.69) is 20.6 Å². The lowest BCUT2D eigenvalue weighted by atomic mass is 9.98. The van der Waals surface area contributed by atoms with Crippen LogP contribution in [0.3, 0.4) is 0 Å². The summed E-state index contributed by atoms with van der Waals surface area (Å²) in [5, 5.41) is 16.2. The fourth-order valence-electron chi connectivity index (χ4n) is 2.32. The number of rotatable bonds is 8. The van der Waals surface area contributed by atoms with E-state index in [1.54, 1.807) is 7.11 Å². The Hall–Kier alpha value is -1.81. The van der Waals surface area contributed by atoms with E-state index >= 15 is 0 Å². The Balaban J connectivity index is 2.89. The Morgan fingerprint density at radius 2 is 2.16 bits per heavy atom. The van der Waals surface area contributed by atoms with Gasteiger partial charge in [-0.2, -0.15) is 13.2 Å². The van der Waals surface area contributed by atoms with Gasteiger partial charge in [0.1, 0.15) is 5.82 Å². The van der Waals surface area contributed by atoms with Gasteiger partial charge in [0, 0.05) is 52.1 Å². The van der Waals surface area contributed by atoms with Gasteiger partial charge in [-0.25, -0.2) is 4.98 Å². The number of hydrogen-bond acceptors (Lipinski definition) is 4. The molecule has 0 aliphatic carbocycles. The van der Waals surface area contributed by atoms with Crippen molar-refractivity contribution in [3.63, 3.8) is 0 Å². The summed E-state index contributed by atoms with van der Waals surface area (Å²) in [6.07, 6.45) is -2.94. The van der Waals surface area contributed by atoms with Gasteiger partial charge in [-0.1, -0.05) is 0 Å². The number of alkyl halides is 3. The van der Waals surface area contributed by atoms with Gasteiger partial charge >= 0.3 is 6.18 Å². The molecule has 0 saturated heterocycles. The van der Waals surface area contributed by atoms with E-state index in [4.69, 9.17) is 4.74 Å². The molecule has 0 fully saturated rings. The average Bonchev–Trinajstić information content (AvgIpc) is 2.93. The van der Waals surface area contributed by atoms with Crippen molar-refractivity contribution in [1.82, 2.24) is 20.2 Å². The highest BCUT2D eigenvalue weighted by Gasteiger charge is 2.57. The molecule has 144 valence electrons. The summed E-state index contributed by atoms with van der Waals surface area (Å²) < 4.78 is 46.5. The van der Waals surface area contributed by atoms with E-state index in [-0.39, 0.29) is 12.6 Å². The number of aromatic nitrogens is 2. The number of nitrogens with zero attached hydrogens (tertiary/aromatic N) is 3. The maximum Gasteiger partial charge on any atom is 0.424 e. The Morgan fingerprint density at radius 3 is 2.64 bits per heavy atom. The molecule has 0 aromatic carbocycles. The van der Waals surface area contributed by atoms with Gasteiger partial charge in [-0.15, -0.1) is 0 Å². The summed E-state index contributed by atoms with van der Waals surface area (Å²) in [5.41, 5.74) is -3.07. The maximum atomic E-state index is 13.4. The van der Waals surface area contributed by atoms with Crippen LogP contribution in [0.4, 0.5) is 13.2 Å². The quantitative estimate of drug-likeness (QED) is 0.476. The second kappa shape index (κ2) is 9.04. The number of ether oxygens (including phenoxy) is 1. The second-order valence-corrected chi connectivity index (χ2v) is 5.73. The first-order chi connectivity index (χ1) is 11.7. The number of hydrogen-bond donors (Lipinski definition) is 3. The number of aryl methyl sites for hydroxylation is 1. The molecule has 1 rings (SSSR count). The molecule has 1 heterocycles. The molecule has 0 aliphatic heterocycles. The first kappa shape index (κ1) is 21.2. The predicted molar refractivity (Wildman–Crippen MR) is 88.2 cm³/mol. The Kier molecular flexibility index (Phi) is 7.68. The van der Waals surface area contributed by atoms with Crippen molar-refractivity contribution >= 4 is 5.96 Å². The number of aliphatic imine (C=N–C) groups is 1. The van der Waals surface area contributed by atoms with Gasteiger partial charge in [0.25, 0.3) is 0 Å². The fraction of sp³-hybridized carbons (Fsp3) is 0.733.